The molecule has 0 aromatic heterocycles. The minimum atomic E-state index is 0.0799. The van der Waals surface area contributed by atoms with E-state index in [-0.39, 0.29) is 6.61 Å². The number of hydrogen-bond donors (Lipinski definition) is 1. The van der Waals surface area contributed by atoms with E-state index in [1.807, 2.05) is 32.1 Å². The third-order valence-electron chi connectivity index (χ3n) is 2.66. The monoisotopic (exact) mass is 236 g/mol. The van der Waals surface area contributed by atoms with Crippen molar-refractivity contribution in [2.24, 2.45) is 0 Å². The molecule has 94 valence electrons. The second-order valence-electron chi connectivity index (χ2n) is 4.06. The lowest BCUT2D eigenvalue weighted by Gasteiger charge is -2.13. The second kappa shape index (κ2) is 6.30. The fourth-order valence-corrected chi connectivity index (χ4v) is 1.66. The van der Waals surface area contributed by atoms with Crippen molar-refractivity contribution >= 4 is 0 Å². The van der Waals surface area contributed by atoms with Gasteiger partial charge in [-0.1, -0.05) is 11.6 Å². The van der Waals surface area contributed by atoms with Crippen LogP contribution in [0.2, 0.25) is 0 Å². The molecule has 17 heavy (non-hydrogen) atoms. The summed E-state index contributed by atoms with van der Waals surface area (Å²) in [5.41, 5.74) is 3.05. The molecule has 0 bridgehead atoms. The van der Waals surface area contributed by atoms with Gasteiger partial charge in [0.2, 0.25) is 0 Å². The molecule has 0 aliphatic carbocycles. The Balaban J connectivity index is 3.11. The highest BCUT2D eigenvalue weighted by Crippen LogP contribution is 2.31. The van der Waals surface area contributed by atoms with Crippen LogP contribution in [0.1, 0.15) is 18.1 Å². The summed E-state index contributed by atoms with van der Waals surface area (Å²) >= 11 is 0. The van der Waals surface area contributed by atoms with Gasteiger partial charge in [0, 0.05) is 5.56 Å². The molecule has 1 rings (SSSR count). The number of hydrogen-bond acceptors (Lipinski definition) is 3. The Morgan fingerprint density at radius 2 is 1.76 bits per heavy atom. The maximum absolute atomic E-state index is 8.98. The number of methoxy groups -OCH3 is 2. The standard InChI is InChI=1S/C14H20O3/c1-10(9-15)5-6-12-13(16-3)7-11(2)8-14(12)17-4/h5,7-8,15H,6,9H2,1-4H3/b10-5+. The molecule has 1 aromatic carbocycles. The van der Waals surface area contributed by atoms with Gasteiger partial charge in [-0.2, -0.15) is 0 Å². The molecule has 0 saturated heterocycles. The number of aliphatic hydroxyl groups is 1. The summed E-state index contributed by atoms with van der Waals surface area (Å²) < 4.78 is 10.7. The van der Waals surface area contributed by atoms with Crippen molar-refractivity contribution in [3.63, 3.8) is 0 Å². The van der Waals surface area contributed by atoms with Crippen LogP contribution in [-0.2, 0) is 6.42 Å². The number of ether oxygens (including phenoxy) is 2. The van der Waals surface area contributed by atoms with Crippen LogP contribution in [-0.4, -0.2) is 25.9 Å². The zero-order valence-electron chi connectivity index (χ0n) is 10.9. The van der Waals surface area contributed by atoms with E-state index in [4.69, 9.17) is 14.6 Å². The van der Waals surface area contributed by atoms with Gasteiger partial charge in [-0.3, -0.25) is 0 Å². The van der Waals surface area contributed by atoms with Crippen molar-refractivity contribution in [3.8, 4) is 11.5 Å². The lowest BCUT2D eigenvalue weighted by atomic mass is 10.0. The lowest BCUT2D eigenvalue weighted by molar-refractivity contribution is 0.331. The summed E-state index contributed by atoms with van der Waals surface area (Å²) in [5, 5.41) is 8.98. The van der Waals surface area contributed by atoms with Crippen LogP contribution < -0.4 is 9.47 Å². The molecule has 0 heterocycles. The molecule has 0 aliphatic heterocycles. The van der Waals surface area contributed by atoms with Crippen molar-refractivity contribution in [1.29, 1.82) is 0 Å². The average Bonchev–Trinajstić information content (AvgIpc) is 2.35. The highest BCUT2D eigenvalue weighted by Gasteiger charge is 2.10. The van der Waals surface area contributed by atoms with Crippen LogP contribution in [0.5, 0.6) is 11.5 Å². The number of benzene rings is 1. The maximum atomic E-state index is 8.98. The molecule has 0 radical (unpaired) electrons. The van der Waals surface area contributed by atoms with E-state index in [9.17, 15) is 0 Å². The van der Waals surface area contributed by atoms with Gasteiger partial charge in [0.1, 0.15) is 11.5 Å². The fraction of sp³-hybridized carbons (Fsp3) is 0.429. The summed E-state index contributed by atoms with van der Waals surface area (Å²) in [6.07, 6.45) is 2.68. The van der Waals surface area contributed by atoms with E-state index in [1.165, 1.54) is 0 Å². The molecule has 0 fully saturated rings. The SMILES string of the molecule is COc1cc(C)cc(OC)c1C/C=C(\C)CO. The van der Waals surface area contributed by atoms with E-state index in [0.29, 0.717) is 6.42 Å². The first-order chi connectivity index (χ1) is 8.12. The highest BCUT2D eigenvalue weighted by molar-refractivity contribution is 5.49. The third-order valence-corrected chi connectivity index (χ3v) is 2.66. The molecule has 1 N–H and O–H groups in total. The zero-order valence-corrected chi connectivity index (χ0v) is 10.9. The summed E-state index contributed by atoms with van der Waals surface area (Å²) in [6.45, 7) is 3.98. The van der Waals surface area contributed by atoms with Gasteiger partial charge < -0.3 is 14.6 Å². The summed E-state index contributed by atoms with van der Waals surface area (Å²) in [7, 11) is 3.31. The molecule has 3 heteroatoms. The largest absolute Gasteiger partial charge is 0.496 e. The Morgan fingerprint density at radius 3 is 2.18 bits per heavy atom. The molecule has 0 spiro atoms. The number of aryl methyl sites for hydroxylation is 1. The van der Waals surface area contributed by atoms with E-state index < -0.39 is 0 Å². The molecule has 0 aliphatic rings. The molecule has 1 aromatic rings. The Morgan fingerprint density at radius 1 is 1.24 bits per heavy atom. The van der Waals surface area contributed by atoms with Gasteiger partial charge in [-0.25, -0.2) is 0 Å². The van der Waals surface area contributed by atoms with Crippen LogP contribution in [0.25, 0.3) is 0 Å². The molecule has 0 saturated carbocycles. The van der Waals surface area contributed by atoms with E-state index in [0.717, 1.165) is 28.2 Å². The third kappa shape index (κ3) is 3.49. The number of rotatable bonds is 5. The van der Waals surface area contributed by atoms with E-state index >= 15 is 0 Å². The van der Waals surface area contributed by atoms with Crippen molar-refractivity contribution < 1.29 is 14.6 Å². The Labute approximate surface area is 103 Å². The average molecular weight is 236 g/mol. The minimum Gasteiger partial charge on any atom is -0.496 e. The lowest BCUT2D eigenvalue weighted by Crippen LogP contribution is -1.98. The van der Waals surface area contributed by atoms with Gasteiger partial charge in [-0.15, -0.1) is 0 Å². The normalized spacial score (nSPS) is 11.5. The van der Waals surface area contributed by atoms with Crippen molar-refractivity contribution in [2.45, 2.75) is 20.3 Å². The smallest absolute Gasteiger partial charge is 0.126 e. The Bertz CT molecular complexity index is 383. The predicted molar refractivity (Wildman–Crippen MR) is 68.8 cm³/mol. The van der Waals surface area contributed by atoms with Gasteiger partial charge in [0.05, 0.1) is 20.8 Å². The van der Waals surface area contributed by atoms with E-state index in [2.05, 4.69) is 0 Å². The van der Waals surface area contributed by atoms with Crippen molar-refractivity contribution in [1.82, 2.24) is 0 Å². The molecule has 3 nitrogen and oxygen atoms in total. The van der Waals surface area contributed by atoms with Gasteiger partial charge in [0.25, 0.3) is 0 Å². The van der Waals surface area contributed by atoms with Gasteiger partial charge in [0.15, 0.2) is 0 Å². The molecule has 0 unspecified atom stereocenters. The predicted octanol–water partition coefficient (Wildman–Crippen LogP) is 2.49. The molecule has 0 atom stereocenters. The van der Waals surface area contributed by atoms with Crippen LogP contribution >= 0.6 is 0 Å². The molecular formula is C14H20O3. The number of allylic oxidation sites excluding steroid dienone is 1. The first-order valence-electron chi connectivity index (χ1n) is 5.60. The summed E-state index contributed by atoms with van der Waals surface area (Å²) in [6, 6.07) is 3.97. The van der Waals surface area contributed by atoms with Crippen LogP contribution in [0.4, 0.5) is 0 Å². The fourth-order valence-electron chi connectivity index (χ4n) is 1.66. The topological polar surface area (TPSA) is 38.7 Å². The van der Waals surface area contributed by atoms with Crippen LogP contribution in [0.15, 0.2) is 23.8 Å². The van der Waals surface area contributed by atoms with Crippen molar-refractivity contribution in [2.75, 3.05) is 20.8 Å². The van der Waals surface area contributed by atoms with Crippen molar-refractivity contribution in [3.05, 3.63) is 34.9 Å². The summed E-state index contributed by atoms with van der Waals surface area (Å²) in [5.74, 6) is 1.65. The quantitative estimate of drug-likeness (QED) is 0.798. The second-order valence-corrected chi connectivity index (χ2v) is 4.06. The molecule has 0 amide bonds. The van der Waals surface area contributed by atoms with Crippen LogP contribution in [0.3, 0.4) is 0 Å². The minimum absolute atomic E-state index is 0.0799. The first kappa shape index (κ1) is 13.6. The Kier molecular flexibility index (Phi) is 5.04. The Hall–Kier alpha value is -1.48. The van der Waals surface area contributed by atoms with E-state index in [1.54, 1.807) is 14.2 Å². The zero-order chi connectivity index (χ0) is 12.8. The maximum Gasteiger partial charge on any atom is 0.126 e. The van der Waals surface area contributed by atoms with Gasteiger partial charge >= 0.3 is 0 Å². The van der Waals surface area contributed by atoms with Gasteiger partial charge in [-0.05, 0) is 38.0 Å². The number of aliphatic hydroxyl groups excluding tert-OH is 1. The van der Waals surface area contributed by atoms with Crippen LogP contribution in [0, 0.1) is 6.92 Å². The molecular weight excluding hydrogens is 216 g/mol. The highest BCUT2D eigenvalue weighted by atomic mass is 16.5. The summed E-state index contributed by atoms with van der Waals surface area (Å²) in [4.78, 5) is 0. The first-order valence-corrected chi connectivity index (χ1v) is 5.60.